The Morgan fingerprint density at radius 1 is 1.24 bits per heavy atom. The van der Waals surface area contributed by atoms with E-state index in [1.807, 2.05) is 24.3 Å². The van der Waals surface area contributed by atoms with Crippen LogP contribution in [0.15, 0.2) is 29.2 Å². The molecule has 1 aliphatic carbocycles. The van der Waals surface area contributed by atoms with E-state index in [0.717, 1.165) is 16.2 Å². The fourth-order valence-corrected chi connectivity index (χ4v) is 3.95. The lowest BCUT2D eigenvalue weighted by Gasteiger charge is -2.22. The van der Waals surface area contributed by atoms with E-state index in [1.54, 1.807) is 0 Å². The molecule has 0 saturated heterocycles. The minimum absolute atomic E-state index is 0.522. The minimum Gasteiger partial charge on any atom is -0.611 e. The first kappa shape index (κ1) is 12.9. The maximum absolute atomic E-state index is 12.3. The quantitative estimate of drug-likeness (QED) is 0.837. The Labute approximate surface area is 107 Å². The Balaban J connectivity index is 1.95. The first-order valence-electron chi connectivity index (χ1n) is 6.47. The van der Waals surface area contributed by atoms with Crippen LogP contribution >= 0.6 is 0 Å². The third kappa shape index (κ3) is 3.73. The molecular weight excluding hydrogens is 230 g/mol. The van der Waals surface area contributed by atoms with Crippen molar-refractivity contribution in [2.75, 3.05) is 5.75 Å². The predicted octanol–water partition coefficient (Wildman–Crippen LogP) is 2.83. The van der Waals surface area contributed by atoms with Crippen molar-refractivity contribution in [1.29, 1.82) is 0 Å². The summed E-state index contributed by atoms with van der Waals surface area (Å²) in [6.45, 7) is 0.522. The van der Waals surface area contributed by atoms with Crippen LogP contribution in [-0.2, 0) is 17.7 Å². The maximum atomic E-state index is 12.3. The summed E-state index contributed by atoms with van der Waals surface area (Å²) in [4.78, 5) is 0.943. The zero-order valence-electron chi connectivity index (χ0n) is 10.2. The van der Waals surface area contributed by atoms with Gasteiger partial charge in [0, 0.05) is 12.5 Å². The highest BCUT2D eigenvalue weighted by molar-refractivity contribution is 7.91. The van der Waals surface area contributed by atoms with E-state index in [0.29, 0.717) is 12.5 Å². The summed E-state index contributed by atoms with van der Waals surface area (Å²) in [6, 6.07) is 7.88. The summed E-state index contributed by atoms with van der Waals surface area (Å²) in [5.74, 6) is 1.49. The lowest BCUT2D eigenvalue weighted by Crippen LogP contribution is -2.19. The molecule has 0 amide bonds. The van der Waals surface area contributed by atoms with Gasteiger partial charge in [-0.3, -0.25) is 0 Å². The largest absolute Gasteiger partial charge is 0.611 e. The third-order valence-electron chi connectivity index (χ3n) is 3.51. The summed E-state index contributed by atoms with van der Waals surface area (Å²) >= 11 is -0.848. The fourth-order valence-electron chi connectivity index (χ4n) is 2.48. The van der Waals surface area contributed by atoms with Gasteiger partial charge in [-0.1, -0.05) is 31.4 Å². The molecule has 94 valence electrons. The van der Waals surface area contributed by atoms with Gasteiger partial charge in [0.15, 0.2) is 4.90 Å². The van der Waals surface area contributed by atoms with Gasteiger partial charge in [-0.05, 0) is 41.7 Å². The molecule has 0 aliphatic heterocycles. The molecule has 0 heterocycles. The van der Waals surface area contributed by atoms with Gasteiger partial charge in [0.1, 0.15) is 5.75 Å². The lowest BCUT2D eigenvalue weighted by molar-refractivity contribution is 0.385. The molecule has 1 atom stereocenters. The highest BCUT2D eigenvalue weighted by Crippen LogP contribution is 2.27. The number of hydrogen-bond acceptors (Lipinski definition) is 2. The maximum Gasteiger partial charge on any atom is 0.153 e. The average molecular weight is 251 g/mol. The molecule has 0 aromatic heterocycles. The number of nitrogens with two attached hydrogens (primary N) is 1. The Morgan fingerprint density at radius 3 is 2.71 bits per heavy atom. The number of rotatable bonds is 4. The molecule has 2 N–H and O–H groups in total. The molecule has 0 spiro atoms. The first-order valence-corrected chi connectivity index (χ1v) is 7.79. The van der Waals surface area contributed by atoms with Gasteiger partial charge in [0.2, 0.25) is 0 Å². The van der Waals surface area contributed by atoms with E-state index in [4.69, 9.17) is 5.73 Å². The highest BCUT2D eigenvalue weighted by atomic mass is 32.2. The van der Waals surface area contributed by atoms with Crippen LogP contribution in [0.25, 0.3) is 0 Å². The molecule has 3 heteroatoms. The zero-order valence-corrected chi connectivity index (χ0v) is 11.0. The van der Waals surface area contributed by atoms with Crippen LogP contribution in [0.1, 0.15) is 37.7 Å². The topological polar surface area (TPSA) is 49.1 Å². The first-order chi connectivity index (χ1) is 8.29. The van der Waals surface area contributed by atoms with Crippen molar-refractivity contribution < 1.29 is 4.55 Å². The summed E-state index contributed by atoms with van der Waals surface area (Å²) in [6.07, 6.45) is 6.48. The van der Waals surface area contributed by atoms with Crippen molar-refractivity contribution in [1.82, 2.24) is 0 Å². The highest BCUT2D eigenvalue weighted by Gasteiger charge is 2.21. The van der Waals surface area contributed by atoms with Crippen molar-refractivity contribution in [2.45, 2.75) is 43.5 Å². The Bertz CT molecular complexity index is 350. The van der Waals surface area contributed by atoms with Crippen molar-refractivity contribution in [2.24, 2.45) is 11.7 Å². The van der Waals surface area contributed by atoms with E-state index in [1.165, 1.54) is 32.1 Å². The van der Waals surface area contributed by atoms with Crippen molar-refractivity contribution in [3.05, 3.63) is 29.8 Å². The second-order valence-corrected chi connectivity index (χ2v) is 6.36. The molecule has 1 saturated carbocycles. The van der Waals surface area contributed by atoms with E-state index < -0.39 is 11.2 Å². The molecule has 0 bridgehead atoms. The Morgan fingerprint density at radius 2 is 2.00 bits per heavy atom. The van der Waals surface area contributed by atoms with Crippen LogP contribution in [0, 0.1) is 5.92 Å². The normalized spacial score (nSPS) is 19.2. The molecule has 1 unspecified atom stereocenters. The van der Waals surface area contributed by atoms with E-state index >= 15 is 0 Å². The van der Waals surface area contributed by atoms with Crippen molar-refractivity contribution >= 4 is 11.2 Å². The standard InChI is InChI=1S/C14H21NOS/c15-10-13-7-4-8-14(9-13)17(16)11-12-5-2-1-3-6-12/h4,7-9,12H,1-3,5-6,10-11,15H2. The molecule has 1 aromatic rings. The summed E-state index contributed by atoms with van der Waals surface area (Å²) in [7, 11) is 0. The average Bonchev–Trinajstić information content (AvgIpc) is 2.40. The predicted molar refractivity (Wildman–Crippen MR) is 72.2 cm³/mol. The van der Waals surface area contributed by atoms with Crippen LogP contribution < -0.4 is 5.73 Å². The lowest BCUT2D eigenvalue weighted by atomic mass is 9.91. The van der Waals surface area contributed by atoms with E-state index in [2.05, 4.69) is 0 Å². The zero-order chi connectivity index (χ0) is 12.1. The van der Waals surface area contributed by atoms with Gasteiger partial charge >= 0.3 is 0 Å². The summed E-state index contributed by atoms with van der Waals surface area (Å²) in [5.41, 5.74) is 6.67. The fraction of sp³-hybridized carbons (Fsp3) is 0.571. The van der Waals surface area contributed by atoms with Crippen LogP contribution in [0.5, 0.6) is 0 Å². The van der Waals surface area contributed by atoms with Crippen molar-refractivity contribution in [3.63, 3.8) is 0 Å². The molecule has 2 nitrogen and oxygen atoms in total. The minimum atomic E-state index is -0.848. The van der Waals surface area contributed by atoms with Gasteiger partial charge in [0.25, 0.3) is 0 Å². The molecule has 1 aromatic carbocycles. The van der Waals surface area contributed by atoms with Crippen LogP contribution in [-0.4, -0.2) is 10.3 Å². The third-order valence-corrected chi connectivity index (χ3v) is 5.06. The summed E-state index contributed by atoms with van der Waals surface area (Å²) in [5, 5.41) is 0. The van der Waals surface area contributed by atoms with E-state index in [9.17, 15) is 4.55 Å². The molecule has 17 heavy (non-hydrogen) atoms. The summed E-state index contributed by atoms with van der Waals surface area (Å²) < 4.78 is 12.3. The van der Waals surface area contributed by atoms with Crippen LogP contribution in [0.4, 0.5) is 0 Å². The molecule has 1 aliphatic rings. The Hall–Kier alpha value is -0.510. The molecule has 2 rings (SSSR count). The Kier molecular flexibility index (Phi) is 4.89. The molecule has 0 radical (unpaired) electrons. The second-order valence-electron chi connectivity index (χ2n) is 4.87. The molecule has 1 fully saturated rings. The molecular formula is C14H21NOS. The van der Waals surface area contributed by atoms with Gasteiger partial charge in [-0.2, -0.15) is 0 Å². The number of hydrogen-bond donors (Lipinski definition) is 1. The van der Waals surface area contributed by atoms with Gasteiger partial charge in [0.05, 0.1) is 0 Å². The van der Waals surface area contributed by atoms with Gasteiger partial charge in [-0.25, -0.2) is 0 Å². The van der Waals surface area contributed by atoms with E-state index in [-0.39, 0.29) is 0 Å². The number of benzene rings is 1. The van der Waals surface area contributed by atoms with Crippen LogP contribution in [0.2, 0.25) is 0 Å². The monoisotopic (exact) mass is 251 g/mol. The second kappa shape index (κ2) is 6.43. The van der Waals surface area contributed by atoms with Crippen LogP contribution in [0.3, 0.4) is 0 Å². The van der Waals surface area contributed by atoms with Crippen molar-refractivity contribution in [3.8, 4) is 0 Å². The SMILES string of the molecule is NCc1cccc([S+]([O-])CC2CCCCC2)c1. The van der Waals surface area contributed by atoms with Gasteiger partial charge < -0.3 is 10.3 Å². The van der Waals surface area contributed by atoms with Gasteiger partial charge in [-0.15, -0.1) is 0 Å². The smallest absolute Gasteiger partial charge is 0.153 e.